The predicted octanol–water partition coefficient (Wildman–Crippen LogP) is 0.928. The van der Waals surface area contributed by atoms with E-state index in [2.05, 4.69) is 5.48 Å². The van der Waals surface area contributed by atoms with Crippen LogP contribution in [-0.4, -0.2) is 34.7 Å². The summed E-state index contributed by atoms with van der Waals surface area (Å²) in [6, 6.07) is 8.22. The Bertz CT molecular complexity index is 375. The number of hydroxylamine groups is 1. The second kappa shape index (κ2) is 8.79. The molecule has 2 atom stereocenters. The highest BCUT2D eigenvalue weighted by Gasteiger charge is 2.23. The van der Waals surface area contributed by atoms with Crippen LogP contribution in [0.3, 0.4) is 0 Å². The van der Waals surface area contributed by atoms with Crippen molar-refractivity contribution in [2.24, 2.45) is 5.73 Å². The van der Waals surface area contributed by atoms with Gasteiger partial charge in [0.25, 0.3) is 5.91 Å². The number of rotatable bonds is 8. The predicted molar refractivity (Wildman–Crippen MR) is 76.8 cm³/mol. The molecule has 5 nitrogen and oxygen atoms in total. The van der Waals surface area contributed by atoms with Crippen LogP contribution in [0.2, 0.25) is 0 Å². The van der Waals surface area contributed by atoms with Gasteiger partial charge in [-0.3, -0.25) is 4.79 Å². The molecule has 0 saturated carbocycles. The highest BCUT2D eigenvalue weighted by atomic mass is 32.2. The average molecular weight is 284 g/mol. The molecule has 106 valence electrons. The molecule has 0 radical (unpaired) electrons. The maximum absolute atomic E-state index is 11.6. The monoisotopic (exact) mass is 284 g/mol. The summed E-state index contributed by atoms with van der Waals surface area (Å²) in [5.74, 6) is 1.68. The van der Waals surface area contributed by atoms with E-state index in [0.717, 1.165) is 11.5 Å². The SMILES string of the molecule is CCSCC[C@@H](N)[C@@H](O)C(=O)NOc1ccccc1. The van der Waals surface area contributed by atoms with Gasteiger partial charge in [0.2, 0.25) is 0 Å². The van der Waals surface area contributed by atoms with Crippen molar-refractivity contribution >= 4 is 17.7 Å². The summed E-state index contributed by atoms with van der Waals surface area (Å²) in [7, 11) is 0. The van der Waals surface area contributed by atoms with E-state index in [1.54, 1.807) is 36.0 Å². The lowest BCUT2D eigenvalue weighted by Crippen LogP contribution is -2.47. The Morgan fingerprint density at radius 1 is 1.47 bits per heavy atom. The molecule has 1 aromatic rings. The van der Waals surface area contributed by atoms with Gasteiger partial charge in [0.05, 0.1) is 0 Å². The number of aliphatic hydroxyl groups is 1. The molecule has 0 saturated heterocycles. The van der Waals surface area contributed by atoms with Crippen LogP contribution in [0, 0.1) is 0 Å². The Hall–Kier alpha value is -1.24. The molecule has 0 aliphatic rings. The number of hydrogen-bond donors (Lipinski definition) is 3. The molecule has 0 aromatic heterocycles. The number of hydrogen-bond acceptors (Lipinski definition) is 5. The van der Waals surface area contributed by atoms with Crippen molar-refractivity contribution in [3.63, 3.8) is 0 Å². The zero-order chi connectivity index (χ0) is 14.1. The van der Waals surface area contributed by atoms with Crippen molar-refractivity contribution < 1.29 is 14.7 Å². The standard InChI is InChI=1S/C13H20N2O3S/c1-2-19-9-8-11(14)12(16)13(17)15-18-10-6-4-3-5-7-10/h3-7,11-12,16H,2,8-9,14H2,1H3,(H,15,17)/t11-,12-/m1/s1. The number of aliphatic hydroxyl groups excluding tert-OH is 1. The van der Waals surface area contributed by atoms with Crippen LogP contribution in [-0.2, 0) is 4.79 Å². The molecule has 1 amide bonds. The fraction of sp³-hybridized carbons (Fsp3) is 0.462. The minimum absolute atomic E-state index is 0.498. The Labute approximate surface area is 117 Å². The van der Waals surface area contributed by atoms with E-state index >= 15 is 0 Å². The van der Waals surface area contributed by atoms with Crippen LogP contribution < -0.4 is 16.1 Å². The minimum atomic E-state index is -1.26. The maximum atomic E-state index is 11.6. The highest BCUT2D eigenvalue weighted by molar-refractivity contribution is 7.99. The molecular formula is C13H20N2O3S. The molecule has 6 heteroatoms. The van der Waals surface area contributed by atoms with Crippen molar-refractivity contribution in [3.05, 3.63) is 30.3 Å². The zero-order valence-corrected chi connectivity index (χ0v) is 11.7. The first-order valence-electron chi connectivity index (χ1n) is 6.18. The number of amides is 1. The summed E-state index contributed by atoms with van der Waals surface area (Å²) in [6.07, 6.45) is -0.681. The van der Waals surface area contributed by atoms with E-state index in [1.807, 2.05) is 13.0 Å². The van der Waals surface area contributed by atoms with Gasteiger partial charge >= 0.3 is 0 Å². The third kappa shape index (κ3) is 5.96. The Morgan fingerprint density at radius 3 is 2.79 bits per heavy atom. The zero-order valence-electron chi connectivity index (χ0n) is 10.9. The smallest absolute Gasteiger partial charge is 0.282 e. The third-order valence-electron chi connectivity index (χ3n) is 2.49. The average Bonchev–Trinajstić information content (AvgIpc) is 2.45. The van der Waals surface area contributed by atoms with Crippen LogP contribution in [0.25, 0.3) is 0 Å². The minimum Gasteiger partial charge on any atom is -0.381 e. The number of nitrogens with two attached hydrogens (primary N) is 1. The number of thioether (sulfide) groups is 1. The number of benzene rings is 1. The lowest BCUT2D eigenvalue weighted by Gasteiger charge is -2.18. The van der Waals surface area contributed by atoms with E-state index in [9.17, 15) is 9.90 Å². The van der Waals surface area contributed by atoms with Crippen molar-refractivity contribution in [2.45, 2.75) is 25.5 Å². The lowest BCUT2D eigenvalue weighted by atomic mass is 10.1. The van der Waals surface area contributed by atoms with E-state index in [0.29, 0.717) is 12.2 Å². The molecule has 4 N–H and O–H groups in total. The summed E-state index contributed by atoms with van der Waals surface area (Å²) in [4.78, 5) is 16.7. The first-order chi connectivity index (χ1) is 9.15. The molecule has 0 unspecified atom stereocenters. The third-order valence-corrected chi connectivity index (χ3v) is 3.42. The van der Waals surface area contributed by atoms with Crippen molar-refractivity contribution in [1.82, 2.24) is 5.48 Å². The quantitative estimate of drug-likeness (QED) is 0.488. The van der Waals surface area contributed by atoms with Crippen LogP contribution >= 0.6 is 11.8 Å². The largest absolute Gasteiger partial charge is 0.381 e. The van der Waals surface area contributed by atoms with Gasteiger partial charge in [0.15, 0.2) is 11.9 Å². The normalized spacial score (nSPS) is 13.6. The molecule has 1 aromatic carbocycles. The lowest BCUT2D eigenvalue weighted by molar-refractivity contribution is -0.137. The summed E-state index contributed by atoms with van der Waals surface area (Å²) in [5.41, 5.74) is 7.94. The second-order valence-electron chi connectivity index (χ2n) is 3.98. The molecule has 0 aliphatic carbocycles. The van der Waals surface area contributed by atoms with Gasteiger partial charge in [-0.05, 0) is 30.1 Å². The highest BCUT2D eigenvalue weighted by Crippen LogP contribution is 2.08. The van der Waals surface area contributed by atoms with Gasteiger partial charge in [-0.1, -0.05) is 25.1 Å². The van der Waals surface area contributed by atoms with E-state index in [1.165, 1.54) is 0 Å². The van der Waals surface area contributed by atoms with E-state index in [4.69, 9.17) is 10.6 Å². The van der Waals surface area contributed by atoms with Crippen molar-refractivity contribution in [1.29, 1.82) is 0 Å². The molecular weight excluding hydrogens is 264 g/mol. The van der Waals surface area contributed by atoms with Crippen LogP contribution in [0.5, 0.6) is 5.75 Å². The summed E-state index contributed by atoms with van der Waals surface area (Å²) in [6.45, 7) is 2.05. The van der Waals surface area contributed by atoms with Gasteiger partial charge in [-0.25, -0.2) is 0 Å². The Morgan fingerprint density at radius 2 is 2.16 bits per heavy atom. The van der Waals surface area contributed by atoms with Gasteiger partial charge in [-0.15, -0.1) is 0 Å². The number of carbonyl (C=O) groups is 1. The molecule has 1 rings (SSSR count). The number of nitrogens with one attached hydrogen (secondary N) is 1. The summed E-state index contributed by atoms with van der Waals surface area (Å²) in [5, 5.41) is 9.74. The van der Waals surface area contributed by atoms with Gasteiger partial charge in [0, 0.05) is 6.04 Å². The topological polar surface area (TPSA) is 84.6 Å². The molecule has 0 bridgehead atoms. The van der Waals surface area contributed by atoms with Crippen LogP contribution in [0.1, 0.15) is 13.3 Å². The fourth-order valence-corrected chi connectivity index (χ4v) is 2.10. The first-order valence-corrected chi connectivity index (χ1v) is 7.33. The van der Waals surface area contributed by atoms with E-state index in [-0.39, 0.29) is 0 Å². The van der Waals surface area contributed by atoms with Gasteiger partial charge in [0.1, 0.15) is 0 Å². The molecule has 0 aliphatic heterocycles. The van der Waals surface area contributed by atoms with Crippen LogP contribution in [0.15, 0.2) is 30.3 Å². The van der Waals surface area contributed by atoms with Crippen molar-refractivity contribution in [3.8, 4) is 5.75 Å². The fourth-order valence-electron chi connectivity index (χ4n) is 1.37. The van der Waals surface area contributed by atoms with E-state index < -0.39 is 18.1 Å². The van der Waals surface area contributed by atoms with Gasteiger partial charge in [-0.2, -0.15) is 17.2 Å². The van der Waals surface area contributed by atoms with Crippen molar-refractivity contribution in [2.75, 3.05) is 11.5 Å². The first kappa shape index (κ1) is 15.8. The van der Waals surface area contributed by atoms with Gasteiger partial charge < -0.3 is 15.7 Å². The maximum Gasteiger partial charge on any atom is 0.282 e. The Kier molecular flexibility index (Phi) is 7.32. The molecule has 0 fully saturated rings. The molecule has 0 spiro atoms. The molecule has 0 heterocycles. The summed E-state index contributed by atoms with van der Waals surface area (Å²) < 4.78 is 0. The molecule has 19 heavy (non-hydrogen) atoms. The summed E-state index contributed by atoms with van der Waals surface area (Å²) >= 11 is 1.72. The Balaban J connectivity index is 2.31. The van der Waals surface area contributed by atoms with Crippen LogP contribution in [0.4, 0.5) is 0 Å². The number of carbonyl (C=O) groups excluding carboxylic acids is 1. The number of para-hydroxylation sites is 1. The second-order valence-corrected chi connectivity index (χ2v) is 5.37.